The summed E-state index contributed by atoms with van der Waals surface area (Å²) < 4.78 is 5.33. The fraction of sp³-hybridized carbons (Fsp3) is 0. The second-order valence-corrected chi connectivity index (χ2v) is 6.15. The minimum Gasteiger partial charge on any atom is -0.508 e. The maximum atomic E-state index is 12.1. The number of halogens is 1. The van der Waals surface area contributed by atoms with Gasteiger partial charge in [0.05, 0.1) is 11.8 Å². The zero-order valence-electron chi connectivity index (χ0n) is 14.5. The van der Waals surface area contributed by atoms with Gasteiger partial charge in [-0.2, -0.15) is 5.10 Å². The summed E-state index contributed by atoms with van der Waals surface area (Å²) in [6, 6.07) is 18.9. The third kappa shape index (κ3) is 5.18. The third-order valence-electron chi connectivity index (χ3n) is 3.66. The first-order valence-electron chi connectivity index (χ1n) is 8.21. The van der Waals surface area contributed by atoms with E-state index < -0.39 is 11.9 Å². The average Bonchev–Trinajstić information content (AvgIpc) is 2.69. The molecule has 0 saturated heterocycles. The molecule has 0 atom stereocenters. The van der Waals surface area contributed by atoms with Crippen molar-refractivity contribution >= 4 is 29.7 Å². The number of phenols is 1. The lowest BCUT2D eigenvalue weighted by molar-refractivity contribution is 0.0734. The number of ether oxygens (including phenoxy) is 1. The summed E-state index contributed by atoms with van der Waals surface area (Å²) in [5, 5.41) is 13.7. The number of aromatic hydroxyl groups is 1. The highest BCUT2D eigenvalue weighted by molar-refractivity contribution is 6.30. The van der Waals surface area contributed by atoms with Crippen molar-refractivity contribution in [1.29, 1.82) is 0 Å². The molecule has 0 unspecified atom stereocenters. The summed E-state index contributed by atoms with van der Waals surface area (Å²) in [4.78, 5) is 24.1. The molecular formula is C21H15ClN2O4. The zero-order chi connectivity index (χ0) is 19.9. The Morgan fingerprint density at radius 3 is 2.36 bits per heavy atom. The van der Waals surface area contributed by atoms with Crippen LogP contribution >= 0.6 is 11.6 Å². The Bertz CT molecular complexity index is 1020. The smallest absolute Gasteiger partial charge is 0.343 e. The van der Waals surface area contributed by atoms with Gasteiger partial charge in [-0.1, -0.05) is 23.7 Å². The van der Waals surface area contributed by atoms with Gasteiger partial charge in [0.25, 0.3) is 5.91 Å². The Balaban J connectivity index is 1.61. The third-order valence-corrected chi connectivity index (χ3v) is 3.91. The van der Waals surface area contributed by atoms with E-state index in [1.54, 1.807) is 48.5 Å². The predicted octanol–water partition coefficient (Wildman–Crippen LogP) is 4.03. The topological polar surface area (TPSA) is 88.0 Å². The Hall–Kier alpha value is -3.64. The van der Waals surface area contributed by atoms with E-state index in [9.17, 15) is 14.7 Å². The van der Waals surface area contributed by atoms with Crippen LogP contribution in [0.2, 0.25) is 5.02 Å². The number of nitrogens with one attached hydrogen (secondary N) is 1. The molecule has 3 rings (SSSR count). The van der Waals surface area contributed by atoms with E-state index in [2.05, 4.69) is 10.5 Å². The predicted molar refractivity (Wildman–Crippen MR) is 106 cm³/mol. The van der Waals surface area contributed by atoms with Crippen molar-refractivity contribution in [3.05, 3.63) is 94.5 Å². The lowest BCUT2D eigenvalue weighted by atomic mass is 10.2. The van der Waals surface area contributed by atoms with E-state index in [-0.39, 0.29) is 5.75 Å². The fourth-order valence-electron chi connectivity index (χ4n) is 2.25. The van der Waals surface area contributed by atoms with Gasteiger partial charge in [-0.3, -0.25) is 4.79 Å². The number of hydrazone groups is 1. The number of rotatable bonds is 5. The maximum absolute atomic E-state index is 12.1. The quantitative estimate of drug-likeness (QED) is 0.296. The normalized spacial score (nSPS) is 10.6. The second kappa shape index (κ2) is 8.83. The number of carbonyl (C=O) groups is 2. The Kier molecular flexibility index (Phi) is 6.04. The highest BCUT2D eigenvalue weighted by atomic mass is 35.5. The second-order valence-electron chi connectivity index (χ2n) is 5.71. The molecule has 140 valence electrons. The molecule has 0 aliphatic heterocycles. The number of amides is 1. The van der Waals surface area contributed by atoms with Crippen molar-refractivity contribution in [2.75, 3.05) is 0 Å². The summed E-state index contributed by atoms with van der Waals surface area (Å²) in [7, 11) is 0. The molecule has 0 aliphatic carbocycles. The Morgan fingerprint density at radius 2 is 1.64 bits per heavy atom. The monoisotopic (exact) mass is 394 g/mol. The summed E-state index contributed by atoms with van der Waals surface area (Å²) in [5.41, 5.74) is 3.76. The van der Waals surface area contributed by atoms with Crippen molar-refractivity contribution in [3.8, 4) is 11.5 Å². The summed E-state index contributed by atoms with van der Waals surface area (Å²) >= 11 is 5.81. The van der Waals surface area contributed by atoms with E-state index in [0.717, 1.165) is 0 Å². The van der Waals surface area contributed by atoms with Crippen LogP contribution in [0.15, 0.2) is 77.9 Å². The average molecular weight is 395 g/mol. The molecule has 3 aromatic carbocycles. The Labute approximate surface area is 166 Å². The van der Waals surface area contributed by atoms with Gasteiger partial charge in [0.2, 0.25) is 0 Å². The van der Waals surface area contributed by atoms with Gasteiger partial charge in [-0.05, 0) is 66.2 Å². The van der Waals surface area contributed by atoms with Crippen LogP contribution in [0.5, 0.6) is 11.5 Å². The van der Waals surface area contributed by atoms with Crippen molar-refractivity contribution in [1.82, 2.24) is 5.43 Å². The molecule has 0 heterocycles. The molecule has 0 aromatic heterocycles. The molecule has 0 spiro atoms. The van der Waals surface area contributed by atoms with Gasteiger partial charge in [-0.15, -0.1) is 0 Å². The van der Waals surface area contributed by atoms with E-state index in [4.69, 9.17) is 16.3 Å². The molecule has 0 fully saturated rings. The van der Waals surface area contributed by atoms with Crippen LogP contribution in [0.25, 0.3) is 0 Å². The van der Waals surface area contributed by atoms with Gasteiger partial charge < -0.3 is 9.84 Å². The number of hydrogen-bond donors (Lipinski definition) is 2. The molecule has 3 aromatic rings. The van der Waals surface area contributed by atoms with Crippen LogP contribution in [-0.2, 0) is 0 Å². The first-order valence-corrected chi connectivity index (χ1v) is 8.59. The lowest BCUT2D eigenvalue weighted by Crippen LogP contribution is -2.17. The van der Waals surface area contributed by atoms with Crippen LogP contribution in [0.1, 0.15) is 26.3 Å². The van der Waals surface area contributed by atoms with Gasteiger partial charge in [-0.25, -0.2) is 10.2 Å². The molecule has 6 nitrogen and oxygen atoms in total. The fourth-order valence-corrected chi connectivity index (χ4v) is 2.38. The van der Waals surface area contributed by atoms with E-state index in [1.807, 2.05) is 0 Å². The van der Waals surface area contributed by atoms with Crippen LogP contribution in [0.3, 0.4) is 0 Å². The molecule has 0 aliphatic rings. The van der Waals surface area contributed by atoms with Crippen molar-refractivity contribution in [2.24, 2.45) is 5.10 Å². The molecule has 28 heavy (non-hydrogen) atoms. The van der Waals surface area contributed by atoms with Gasteiger partial charge >= 0.3 is 5.97 Å². The standard InChI is InChI=1S/C21H15ClN2O4/c22-17-8-4-16(5-9-17)21(27)28-19-3-1-2-14(12-19)13-23-24-20(26)15-6-10-18(25)11-7-15/h1-13,25H,(H,24,26). The molecule has 1 amide bonds. The van der Waals surface area contributed by atoms with Crippen LogP contribution in [-0.4, -0.2) is 23.2 Å². The van der Waals surface area contributed by atoms with Crippen LogP contribution in [0, 0.1) is 0 Å². The molecule has 7 heteroatoms. The van der Waals surface area contributed by atoms with Crippen molar-refractivity contribution in [2.45, 2.75) is 0 Å². The summed E-state index contributed by atoms with van der Waals surface area (Å²) in [6.07, 6.45) is 1.43. The van der Waals surface area contributed by atoms with E-state index in [0.29, 0.717) is 27.5 Å². The molecular weight excluding hydrogens is 380 g/mol. The zero-order valence-corrected chi connectivity index (χ0v) is 15.3. The maximum Gasteiger partial charge on any atom is 0.343 e. The number of phenolic OH excluding ortho intramolecular Hbond substituents is 1. The number of carbonyl (C=O) groups excluding carboxylic acids is 2. The number of benzene rings is 3. The van der Waals surface area contributed by atoms with Crippen LogP contribution < -0.4 is 10.2 Å². The van der Waals surface area contributed by atoms with Crippen molar-refractivity contribution in [3.63, 3.8) is 0 Å². The summed E-state index contributed by atoms with van der Waals surface area (Å²) in [5.74, 6) is -0.508. The number of hydrogen-bond acceptors (Lipinski definition) is 5. The first-order chi connectivity index (χ1) is 13.5. The summed E-state index contributed by atoms with van der Waals surface area (Å²) in [6.45, 7) is 0. The SMILES string of the molecule is O=C(NN=Cc1cccc(OC(=O)c2ccc(Cl)cc2)c1)c1ccc(O)cc1. The van der Waals surface area contributed by atoms with Crippen LogP contribution in [0.4, 0.5) is 0 Å². The minimum absolute atomic E-state index is 0.0741. The molecule has 2 N–H and O–H groups in total. The highest BCUT2D eigenvalue weighted by Crippen LogP contribution is 2.16. The molecule has 0 saturated carbocycles. The highest BCUT2D eigenvalue weighted by Gasteiger charge is 2.08. The first kappa shape index (κ1) is 19.1. The Morgan fingerprint density at radius 1 is 0.964 bits per heavy atom. The lowest BCUT2D eigenvalue weighted by Gasteiger charge is -2.05. The van der Waals surface area contributed by atoms with E-state index >= 15 is 0 Å². The van der Waals surface area contributed by atoms with Crippen molar-refractivity contribution < 1.29 is 19.4 Å². The molecule has 0 bridgehead atoms. The van der Waals surface area contributed by atoms with E-state index in [1.165, 1.54) is 30.5 Å². The van der Waals surface area contributed by atoms with Gasteiger partial charge in [0.15, 0.2) is 0 Å². The number of esters is 1. The minimum atomic E-state index is -0.508. The largest absolute Gasteiger partial charge is 0.508 e. The van der Waals surface area contributed by atoms with Gasteiger partial charge in [0.1, 0.15) is 11.5 Å². The number of nitrogens with zero attached hydrogens (tertiary/aromatic N) is 1. The van der Waals surface area contributed by atoms with Gasteiger partial charge in [0, 0.05) is 10.6 Å². The molecule has 0 radical (unpaired) electrons.